The minimum atomic E-state index is 0.984. The molecule has 0 fully saturated rings. The van der Waals surface area contributed by atoms with Gasteiger partial charge in [-0.15, -0.1) is 0 Å². The van der Waals surface area contributed by atoms with Gasteiger partial charge in [0.05, 0.1) is 0 Å². The van der Waals surface area contributed by atoms with Gasteiger partial charge in [0, 0.05) is 19.3 Å². The molecule has 0 saturated heterocycles. The summed E-state index contributed by atoms with van der Waals surface area (Å²) in [7, 11) is 0. The summed E-state index contributed by atoms with van der Waals surface area (Å²) in [6.45, 7) is 6.77. The highest BCUT2D eigenvalue weighted by Gasteiger charge is 2.07. The minimum absolute atomic E-state index is 0.984. The Balaban J connectivity index is 2.29. The molecular formula is C26H49N3. The van der Waals surface area contributed by atoms with Crippen LogP contribution < -0.4 is 0 Å². The normalized spacial score (nSPS) is 11.3. The Hall–Kier alpha value is -0.990. The summed E-state index contributed by atoms with van der Waals surface area (Å²) < 4.78 is 0. The quantitative estimate of drug-likeness (QED) is 0.206. The van der Waals surface area contributed by atoms with Crippen molar-refractivity contribution in [3.05, 3.63) is 17.5 Å². The molecule has 0 aliphatic rings. The Labute approximate surface area is 181 Å². The summed E-state index contributed by atoms with van der Waals surface area (Å²) in [5.74, 6) is 3.11. The first-order chi connectivity index (χ1) is 14.3. The summed E-state index contributed by atoms with van der Waals surface area (Å²) in [5.41, 5.74) is 0. The standard InChI is InChI=1S/C26H49N3/c1-4-7-9-11-13-15-17-19-22-25-27-24(21-6-3)28-26(29-25)23-20-18-16-14-12-10-8-5-2/h4-23H2,1-3H3. The Morgan fingerprint density at radius 1 is 0.345 bits per heavy atom. The van der Waals surface area contributed by atoms with Crippen LogP contribution in [-0.2, 0) is 19.3 Å². The van der Waals surface area contributed by atoms with E-state index in [9.17, 15) is 0 Å². The van der Waals surface area contributed by atoms with Crippen molar-refractivity contribution >= 4 is 0 Å². The van der Waals surface area contributed by atoms with Gasteiger partial charge in [0.15, 0.2) is 0 Å². The van der Waals surface area contributed by atoms with E-state index in [4.69, 9.17) is 15.0 Å². The molecule has 0 unspecified atom stereocenters. The second-order valence-electron chi connectivity index (χ2n) is 8.78. The third-order valence-corrected chi connectivity index (χ3v) is 5.76. The van der Waals surface area contributed by atoms with Crippen LogP contribution in [0, 0.1) is 0 Å². The molecule has 1 rings (SSSR count). The van der Waals surface area contributed by atoms with Crippen LogP contribution in [0.25, 0.3) is 0 Å². The Kier molecular flexibility index (Phi) is 17.1. The van der Waals surface area contributed by atoms with E-state index in [1.54, 1.807) is 0 Å². The van der Waals surface area contributed by atoms with E-state index in [-0.39, 0.29) is 0 Å². The van der Waals surface area contributed by atoms with Crippen LogP contribution in [0.15, 0.2) is 0 Å². The molecule has 0 amide bonds. The zero-order valence-electron chi connectivity index (χ0n) is 20.0. The van der Waals surface area contributed by atoms with Gasteiger partial charge in [-0.1, -0.05) is 111 Å². The predicted octanol–water partition coefficient (Wildman–Crippen LogP) is 8.19. The molecule has 1 aromatic heterocycles. The topological polar surface area (TPSA) is 38.7 Å². The van der Waals surface area contributed by atoms with Crippen LogP contribution in [0.2, 0.25) is 0 Å². The summed E-state index contributed by atoms with van der Waals surface area (Å²) in [6, 6.07) is 0. The molecule has 0 aromatic carbocycles. The lowest BCUT2D eigenvalue weighted by molar-refractivity contribution is 0.563. The number of aromatic nitrogens is 3. The Morgan fingerprint density at radius 3 is 1.00 bits per heavy atom. The molecule has 3 nitrogen and oxygen atoms in total. The maximum Gasteiger partial charge on any atom is 0.132 e. The first-order valence-corrected chi connectivity index (χ1v) is 13.0. The highest BCUT2D eigenvalue weighted by Crippen LogP contribution is 2.12. The van der Waals surface area contributed by atoms with Gasteiger partial charge >= 0.3 is 0 Å². The number of rotatable bonds is 20. The van der Waals surface area contributed by atoms with E-state index < -0.39 is 0 Å². The largest absolute Gasteiger partial charge is 0.218 e. The van der Waals surface area contributed by atoms with Gasteiger partial charge < -0.3 is 0 Å². The van der Waals surface area contributed by atoms with Crippen molar-refractivity contribution in [2.24, 2.45) is 0 Å². The van der Waals surface area contributed by atoms with Crippen LogP contribution in [0.5, 0.6) is 0 Å². The molecule has 0 N–H and O–H groups in total. The smallest absolute Gasteiger partial charge is 0.132 e. The zero-order chi connectivity index (χ0) is 21.0. The summed E-state index contributed by atoms with van der Waals surface area (Å²) in [5, 5.41) is 0. The molecule has 0 saturated carbocycles. The van der Waals surface area contributed by atoms with E-state index in [0.29, 0.717) is 0 Å². The van der Waals surface area contributed by atoms with Gasteiger partial charge in [-0.05, 0) is 19.3 Å². The lowest BCUT2D eigenvalue weighted by Crippen LogP contribution is -2.08. The molecule has 29 heavy (non-hydrogen) atoms. The average molecular weight is 404 g/mol. The van der Waals surface area contributed by atoms with Crippen molar-refractivity contribution in [3.63, 3.8) is 0 Å². The average Bonchev–Trinajstić information content (AvgIpc) is 2.72. The summed E-state index contributed by atoms with van der Waals surface area (Å²) in [6.07, 6.45) is 25.8. The third-order valence-electron chi connectivity index (χ3n) is 5.76. The van der Waals surface area contributed by atoms with E-state index in [0.717, 1.165) is 43.2 Å². The van der Waals surface area contributed by atoms with Gasteiger partial charge in [0.2, 0.25) is 0 Å². The van der Waals surface area contributed by atoms with Crippen LogP contribution in [0.1, 0.15) is 147 Å². The number of aryl methyl sites for hydroxylation is 3. The van der Waals surface area contributed by atoms with Crippen molar-refractivity contribution in [1.29, 1.82) is 0 Å². The van der Waals surface area contributed by atoms with Crippen LogP contribution in [0.3, 0.4) is 0 Å². The van der Waals surface area contributed by atoms with Gasteiger partial charge in [-0.2, -0.15) is 0 Å². The number of nitrogens with zero attached hydrogens (tertiary/aromatic N) is 3. The van der Waals surface area contributed by atoms with E-state index in [2.05, 4.69) is 20.8 Å². The molecule has 168 valence electrons. The van der Waals surface area contributed by atoms with Crippen molar-refractivity contribution < 1.29 is 0 Å². The Bertz CT molecular complexity index is 449. The van der Waals surface area contributed by atoms with Crippen molar-refractivity contribution in [3.8, 4) is 0 Å². The molecule has 1 heterocycles. The molecule has 0 aliphatic carbocycles. The van der Waals surface area contributed by atoms with Crippen LogP contribution >= 0.6 is 0 Å². The van der Waals surface area contributed by atoms with Gasteiger partial charge in [-0.25, -0.2) is 15.0 Å². The fraction of sp³-hybridized carbons (Fsp3) is 0.885. The number of hydrogen-bond acceptors (Lipinski definition) is 3. The fourth-order valence-corrected chi connectivity index (χ4v) is 3.91. The van der Waals surface area contributed by atoms with Crippen molar-refractivity contribution in [2.45, 2.75) is 149 Å². The first-order valence-electron chi connectivity index (χ1n) is 13.0. The van der Waals surface area contributed by atoms with Crippen molar-refractivity contribution in [1.82, 2.24) is 15.0 Å². The molecule has 3 heteroatoms. The molecule has 0 spiro atoms. The van der Waals surface area contributed by atoms with Gasteiger partial charge in [0.25, 0.3) is 0 Å². The van der Waals surface area contributed by atoms with Crippen molar-refractivity contribution in [2.75, 3.05) is 0 Å². The summed E-state index contributed by atoms with van der Waals surface area (Å²) in [4.78, 5) is 14.3. The highest BCUT2D eigenvalue weighted by molar-refractivity contribution is 4.98. The molecule has 0 bridgehead atoms. The Morgan fingerprint density at radius 2 is 0.655 bits per heavy atom. The van der Waals surface area contributed by atoms with Gasteiger partial charge in [0.1, 0.15) is 17.5 Å². The van der Waals surface area contributed by atoms with E-state index in [1.807, 2.05) is 0 Å². The predicted molar refractivity (Wildman–Crippen MR) is 126 cm³/mol. The maximum atomic E-state index is 4.81. The maximum absolute atomic E-state index is 4.81. The lowest BCUT2D eigenvalue weighted by atomic mass is 10.1. The van der Waals surface area contributed by atoms with Gasteiger partial charge in [-0.3, -0.25) is 0 Å². The highest BCUT2D eigenvalue weighted by atomic mass is 15.0. The second-order valence-corrected chi connectivity index (χ2v) is 8.78. The minimum Gasteiger partial charge on any atom is -0.218 e. The zero-order valence-corrected chi connectivity index (χ0v) is 20.0. The van der Waals surface area contributed by atoms with E-state index in [1.165, 1.54) is 103 Å². The number of hydrogen-bond donors (Lipinski definition) is 0. The second kappa shape index (κ2) is 19.0. The monoisotopic (exact) mass is 403 g/mol. The summed E-state index contributed by atoms with van der Waals surface area (Å²) >= 11 is 0. The van der Waals surface area contributed by atoms with Crippen LogP contribution in [0.4, 0.5) is 0 Å². The third kappa shape index (κ3) is 14.6. The fourth-order valence-electron chi connectivity index (χ4n) is 3.91. The lowest BCUT2D eigenvalue weighted by Gasteiger charge is -2.07. The number of unbranched alkanes of at least 4 members (excludes halogenated alkanes) is 14. The first kappa shape index (κ1) is 26.0. The molecular weight excluding hydrogens is 354 g/mol. The SMILES string of the molecule is CCCCCCCCCCc1nc(CCC)nc(CCCCCCCCCC)n1. The molecule has 0 atom stereocenters. The molecule has 0 aliphatic heterocycles. The molecule has 1 aromatic rings. The van der Waals surface area contributed by atoms with E-state index >= 15 is 0 Å². The van der Waals surface area contributed by atoms with Crippen LogP contribution in [-0.4, -0.2) is 15.0 Å². The molecule has 0 radical (unpaired) electrons.